The van der Waals surface area contributed by atoms with Crippen molar-refractivity contribution in [3.63, 3.8) is 0 Å². The van der Waals surface area contributed by atoms with Gasteiger partial charge < -0.3 is 10.2 Å². The zero-order chi connectivity index (χ0) is 10.7. The third-order valence-electron chi connectivity index (χ3n) is 1.89. The Balaban J connectivity index is 2.29. The number of hydrogen-bond acceptors (Lipinski definition) is 4. The summed E-state index contributed by atoms with van der Waals surface area (Å²) < 4.78 is 0. The predicted octanol–water partition coefficient (Wildman–Crippen LogP) is 0.940. The number of hydrogen-bond donors (Lipinski definition) is 1. The maximum absolute atomic E-state index is 11.4. The van der Waals surface area contributed by atoms with Gasteiger partial charge in [-0.25, -0.2) is 0 Å². The van der Waals surface area contributed by atoms with Crippen molar-refractivity contribution in [1.29, 1.82) is 0 Å². The van der Waals surface area contributed by atoms with Crippen molar-refractivity contribution in [2.45, 2.75) is 0 Å². The highest BCUT2D eigenvalue weighted by atomic mass is 16.6. The molecule has 76 valence electrons. The normalized spacial score (nSPS) is 16.0. The average molecular weight is 203 g/mol. The van der Waals surface area contributed by atoms with Gasteiger partial charge in [0.15, 0.2) is 5.71 Å². The first-order valence-corrected chi connectivity index (χ1v) is 4.39. The van der Waals surface area contributed by atoms with Crippen LogP contribution in [0.1, 0.15) is 5.56 Å². The first kappa shape index (κ1) is 9.39. The Kier molecular flexibility index (Phi) is 2.45. The standard InChI is InChI=1S/C10H9N3O2/c1-2-5-15-13-9-7-3-4-11-6-8(7)12-10(9)14/h2-4,6H,1,5H2,(H,12,13,14). The van der Waals surface area contributed by atoms with E-state index in [1.54, 1.807) is 24.5 Å². The van der Waals surface area contributed by atoms with Crippen LogP contribution >= 0.6 is 0 Å². The fourth-order valence-corrected chi connectivity index (χ4v) is 1.25. The Labute approximate surface area is 86.5 Å². The molecule has 0 spiro atoms. The summed E-state index contributed by atoms with van der Waals surface area (Å²) in [6.07, 6.45) is 4.73. The van der Waals surface area contributed by atoms with Gasteiger partial charge in [0.25, 0.3) is 5.91 Å². The fourth-order valence-electron chi connectivity index (χ4n) is 1.25. The van der Waals surface area contributed by atoms with Gasteiger partial charge in [-0.05, 0) is 6.07 Å². The molecule has 0 saturated carbocycles. The van der Waals surface area contributed by atoms with E-state index in [4.69, 9.17) is 4.84 Å². The number of anilines is 1. The van der Waals surface area contributed by atoms with Crippen molar-refractivity contribution in [3.8, 4) is 0 Å². The van der Waals surface area contributed by atoms with E-state index >= 15 is 0 Å². The number of amides is 1. The summed E-state index contributed by atoms with van der Waals surface area (Å²) in [5, 5.41) is 6.38. The molecule has 0 unspecified atom stereocenters. The lowest BCUT2D eigenvalue weighted by atomic mass is 10.2. The quantitative estimate of drug-likeness (QED) is 0.451. The second-order valence-corrected chi connectivity index (χ2v) is 2.90. The largest absolute Gasteiger partial charge is 0.391 e. The fraction of sp³-hybridized carbons (Fsp3) is 0.100. The molecule has 0 radical (unpaired) electrons. The van der Waals surface area contributed by atoms with Crippen molar-refractivity contribution < 1.29 is 9.63 Å². The number of fused-ring (bicyclic) bond motifs is 1. The topological polar surface area (TPSA) is 63.6 Å². The predicted molar refractivity (Wildman–Crippen MR) is 55.6 cm³/mol. The molecule has 2 heterocycles. The van der Waals surface area contributed by atoms with E-state index in [9.17, 15) is 4.79 Å². The summed E-state index contributed by atoms with van der Waals surface area (Å²) in [5.74, 6) is -0.276. The van der Waals surface area contributed by atoms with Crippen LogP contribution in [0, 0.1) is 0 Å². The lowest BCUT2D eigenvalue weighted by Crippen LogP contribution is -2.14. The number of rotatable bonds is 3. The number of carbonyl (C=O) groups is 1. The molecular weight excluding hydrogens is 194 g/mol. The van der Waals surface area contributed by atoms with Gasteiger partial charge in [-0.15, -0.1) is 0 Å². The summed E-state index contributed by atoms with van der Waals surface area (Å²) >= 11 is 0. The first-order valence-electron chi connectivity index (χ1n) is 4.39. The number of nitrogens with zero attached hydrogens (tertiary/aromatic N) is 2. The SMILES string of the molecule is C=CCON=C1C(=O)Nc2cnccc21. The van der Waals surface area contributed by atoms with Crippen LogP contribution in [0.2, 0.25) is 0 Å². The molecule has 0 aliphatic carbocycles. The van der Waals surface area contributed by atoms with E-state index in [-0.39, 0.29) is 18.2 Å². The Morgan fingerprint density at radius 2 is 2.53 bits per heavy atom. The molecule has 0 aromatic carbocycles. The Hall–Kier alpha value is -2.17. The van der Waals surface area contributed by atoms with E-state index in [0.29, 0.717) is 11.3 Å². The van der Waals surface area contributed by atoms with Crippen LogP contribution in [0.15, 0.2) is 36.3 Å². The van der Waals surface area contributed by atoms with Gasteiger partial charge in [-0.1, -0.05) is 17.8 Å². The van der Waals surface area contributed by atoms with E-state index in [1.165, 1.54) is 0 Å². The number of carbonyl (C=O) groups excluding carboxylic acids is 1. The van der Waals surface area contributed by atoms with Crippen LogP contribution in [0.25, 0.3) is 0 Å². The second-order valence-electron chi connectivity index (χ2n) is 2.90. The third-order valence-corrected chi connectivity index (χ3v) is 1.89. The Bertz CT molecular complexity index is 440. The molecule has 0 bridgehead atoms. The zero-order valence-electron chi connectivity index (χ0n) is 7.93. The van der Waals surface area contributed by atoms with Crippen LogP contribution in [-0.4, -0.2) is 23.2 Å². The monoisotopic (exact) mass is 203 g/mol. The number of aromatic nitrogens is 1. The molecule has 1 aliphatic heterocycles. The Morgan fingerprint density at radius 3 is 3.33 bits per heavy atom. The van der Waals surface area contributed by atoms with E-state index in [0.717, 1.165) is 0 Å². The van der Waals surface area contributed by atoms with Crippen molar-refractivity contribution >= 4 is 17.3 Å². The zero-order valence-corrected chi connectivity index (χ0v) is 7.93. The van der Waals surface area contributed by atoms with Crippen LogP contribution in [-0.2, 0) is 9.63 Å². The lowest BCUT2D eigenvalue weighted by Gasteiger charge is -1.95. The molecule has 5 heteroatoms. The maximum atomic E-state index is 11.4. The first-order chi connectivity index (χ1) is 7.33. The van der Waals surface area contributed by atoms with Crippen molar-refractivity contribution in [3.05, 3.63) is 36.7 Å². The highest BCUT2D eigenvalue weighted by Gasteiger charge is 2.26. The molecule has 1 aromatic rings. The van der Waals surface area contributed by atoms with Crippen LogP contribution < -0.4 is 5.32 Å². The summed E-state index contributed by atoms with van der Waals surface area (Å²) in [6.45, 7) is 3.76. The minimum atomic E-state index is -0.276. The smallest absolute Gasteiger partial charge is 0.278 e. The lowest BCUT2D eigenvalue weighted by molar-refractivity contribution is -0.110. The third kappa shape index (κ3) is 1.71. The minimum absolute atomic E-state index is 0.272. The molecule has 1 amide bonds. The van der Waals surface area contributed by atoms with Crippen LogP contribution in [0.3, 0.4) is 0 Å². The molecular formula is C10H9N3O2. The Morgan fingerprint density at radius 1 is 1.67 bits per heavy atom. The van der Waals surface area contributed by atoms with Crippen molar-refractivity contribution in [1.82, 2.24) is 4.98 Å². The van der Waals surface area contributed by atoms with Gasteiger partial charge in [-0.3, -0.25) is 9.78 Å². The summed E-state index contributed by atoms with van der Waals surface area (Å²) in [4.78, 5) is 20.2. The molecule has 1 aromatic heterocycles. The highest BCUT2D eigenvalue weighted by Crippen LogP contribution is 2.21. The van der Waals surface area contributed by atoms with Crippen LogP contribution in [0.5, 0.6) is 0 Å². The van der Waals surface area contributed by atoms with Gasteiger partial charge in [-0.2, -0.15) is 0 Å². The van der Waals surface area contributed by atoms with Crippen LogP contribution in [0.4, 0.5) is 5.69 Å². The van der Waals surface area contributed by atoms with Crippen molar-refractivity contribution in [2.24, 2.45) is 5.16 Å². The van der Waals surface area contributed by atoms with Gasteiger partial charge in [0.05, 0.1) is 11.9 Å². The molecule has 15 heavy (non-hydrogen) atoms. The highest BCUT2D eigenvalue weighted by molar-refractivity contribution is 6.53. The molecule has 1 aliphatic rings. The molecule has 2 rings (SSSR count). The summed E-state index contributed by atoms with van der Waals surface area (Å²) in [7, 11) is 0. The molecule has 5 nitrogen and oxygen atoms in total. The summed E-state index contributed by atoms with van der Waals surface area (Å²) in [6, 6.07) is 1.71. The number of nitrogens with one attached hydrogen (secondary N) is 1. The molecule has 0 saturated heterocycles. The second kappa shape index (κ2) is 3.91. The van der Waals surface area contributed by atoms with Gasteiger partial charge in [0.2, 0.25) is 0 Å². The van der Waals surface area contributed by atoms with Gasteiger partial charge in [0.1, 0.15) is 6.61 Å². The maximum Gasteiger partial charge on any atom is 0.278 e. The molecule has 0 atom stereocenters. The minimum Gasteiger partial charge on any atom is -0.391 e. The van der Waals surface area contributed by atoms with Gasteiger partial charge in [0, 0.05) is 11.8 Å². The molecule has 0 fully saturated rings. The van der Waals surface area contributed by atoms with E-state index in [1.807, 2.05) is 0 Å². The van der Waals surface area contributed by atoms with E-state index in [2.05, 4.69) is 22.0 Å². The van der Waals surface area contributed by atoms with E-state index < -0.39 is 0 Å². The average Bonchev–Trinajstić information content (AvgIpc) is 2.56. The number of pyridine rings is 1. The van der Waals surface area contributed by atoms with Gasteiger partial charge >= 0.3 is 0 Å². The molecule has 1 N–H and O–H groups in total. The number of oxime groups is 1. The van der Waals surface area contributed by atoms with Crippen molar-refractivity contribution in [2.75, 3.05) is 11.9 Å². The summed E-state index contributed by atoms with van der Waals surface area (Å²) in [5.41, 5.74) is 1.64.